The number of hydrogen-bond donors (Lipinski definition) is 0. The molecule has 0 saturated carbocycles. The Balaban J connectivity index is 2.44. The van der Waals surface area contributed by atoms with Gasteiger partial charge in [-0.1, -0.05) is 24.3 Å². The molecule has 0 unspecified atom stereocenters. The Kier molecular flexibility index (Phi) is 8.55. The lowest BCUT2D eigenvalue weighted by atomic mass is 10.0. The number of carbonyl (C=O) groups is 1. The van der Waals surface area contributed by atoms with Crippen molar-refractivity contribution in [2.24, 2.45) is 5.16 Å². The molecule has 0 spiro atoms. The fraction of sp³-hybridized carbons (Fsp3) is 0.273. The molecule has 0 atom stereocenters. The van der Waals surface area contributed by atoms with Crippen molar-refractivity contribution in [2.45, 2.75) is 19.0 Å². The molecule has 0 heterocycles. The molecule has 0 aliphatic carbocycles. The van der Waals surface area contributed by atoms with Crippen molar-refractivity contribution in [3.05, 3.63) is 76.5 Å². The van der Waals surface area contributed by atoms with Crippen LogP contribution in [0.25, 0.3) is 5.57 Å². The number of esters is 1. The third-order valence-corrected chi connectivity index (χ3v) is 4.39. The molecule has 2 rings (SSSR count). The Morgan fingerprint density at radius 3 is 2.15 bits per heavy atom. The third kappa shape index (κ3) is 6.42. The largest absolute Gasteiger partial charge is 0.503 e. The second-order valence-electron chi connectivity index (χ2n) is 6.55. The zero-order valence-corrected chi connectivity index (χ0v) is 18.1. The van der Waals surface area contributed by atoms with Gasteiger partial charge in [-0.25, -0.2) is 4.79 Å². The summed E-state index contributed by atoms with van der Waals surface area (Å²) < 4.78 is 93.8. The van der Waals surface area contributed by atoms with Crippen molar-refractivity contribution in [1.29, 1.82) is 0 Å². The second kappa shape index (κ2) is 10.9. The van der Waals surface area contributed by atoms with Crippen molar-refractivity contribution in [1.82, 2.24) is 0 Å². The van der Waals surface area contributed by atoms with Crippen molar-refractivity contribution < 1.29 is 50.2 Å². The molecule has 0 fully saturated rings. The Morgan fingerprint density at radius 2 is 1.59 bits per heavy atom. The van der Waals surface area contributed by atoms with Gasteiger partial charge in [0.15, 0.2) is 0 Å². The van der Waals surface area contributed by atoms with Gasteiger partial charge in [-0.15, -0.1) is 0 Å². The molecule has 0 amide bonds. The zero-order chi connectivity index (χ0) is 25.5. The van der Waals surface area contributed by atoms with Gasteiger partial charge < -0.3 is 19.0 Å². The molecule has 0 saturated heterocycles. The maximum absolute atomic E-state index is 13.4. The van der Waals surface area contributed by atoms with E-state index in [1.54, 1.807) is 12.1 Å². The SMILES string of the molecule is COC=C(C(=O)OC)c1ccccc1CON=C(OC)c1cc(C(F)(F)F)ccc1C(F)(F)F. The van der Waals surface area contributed by atoms with E-state index in [2.05, 4.69) is 5.16 Å². The Hall–Kier alpha value is -3.70. The summed E-state index contributed by atoms with van der Waals surface area (Å²) in [6, 6.07) is 7.16. The van der Waals surface area contributed by atoms with Crippen LogP contribution < -0.4 is 0 Å². The number of methoxy groups -OCH3 is 3. The standard InChI is InChI=1S/C22H19F6NO5/c1-31-12-17(20(30)33-3)15-7-5-4-6-13(15)11-34-29-19(32-2)16-10-14(21(23,24)25)8-9-18(16)22(26,27)28/h4-10,12H,11H2,1-3H3. The summed E-state index contributed by atoms with van der Waals surface area (Å²) in [7, 11) is 3.41. The molecule has 2 aromatic carbocycles. The number of rotatable bonds is 7. The van der Waals surface area contributed by atoms with Gasteiger partial charge in [-0.05, 0) is 28.9 Å². The number of oxime groups is 1. The van der Waals surface area contributed by atoms with Crippen molar-refractivity contribution in [3.8, 4) is 0 Å². The van der Waals surface area contributed by atoms with Crippen LogP contribution in [-0.2, 0) is 42.8 Å². The topological polar surface area (TPSA) is 66.4 Å². The highest BCUT2D eigenvalue weighted by Crippen LogP contribution is 2.37. The first-order valence-corrected chi connectivity index (χ1v) is 9.36. The van der Waals surface area contributed by atoms with Crippen LogP contribution in [0.15, 0.2) is 53.9 Å². The summed E-state index contributed by atoms with van der Waals surface area (Å²) in [6.07, 6.45) is -8.74. The predicted molar refractivity (Wildman–Crippen MR) is 108 cm³/mol. The molecule has 12 heteroatoms. The number of nitrogens with zero attached hydrogens (tertiary/aromatic N) is 1. The highest BCUT2D eigenvalue weighted by Gasteiger charge is 2.38. The van der Waals surface area contributed by atoms with Gasteiger partial charge in [0, 0.05) is 5.56 Å². The van der Waals surface area contributed by atoms with Crippen LogP contribution in [-0.4, -0.2) is 33.2 Å². The summed E-state index contributed by atoms with van der Waals surface area (Å²) in [5.74, 6) is -1.55. The molecule has 0 bridgehead atoms. The summed E-state index contributed by atoms with van der Waals surface area (Å²) in [6.45, 7) is -0.374. The van der Waals surface area contributed by atoms with Crippen molar-refractivity contribution >= 4 is 17.4 Å². The van der Waals surface area contributed by atoms with E-state index in [0.29, 0.717) is 23.3 Å². The zero-order valence-electron chi connectivity index (χ0n) is 18.1. The normalized spacial score (nSPS) is 12.9. The summed E-state index contributed by atoms with van der Waals surface area (Å²) >= 11 is 0. The molecular weight excluding hydrogens is 472 g/mol. The average molecular weight is 491 g/mol. The smallest absolute Gasteiger partial charge is 0.417 e. The molecule has 34 heavy (non-hydrogen) atoms. The molecule has 2 aromatic rings. The molecule has 0 N–H and O–H groups in total. The summed E-state index contributed by atoms with van der Waals surface area (Å²) in [5.41, 5.74) is -2.96. The van der Waals surface area contributed by atoms with Crippen molar-refractivity contribution in [2.75, 3.05) is 21.3 Å². The van der Waals surface area contributed by atoms with Gasteiger partial charge >= 0.3 is 18.3 Å². The molecule has 6 nitrogen and oxygen atoms in total. The highest BCUT2D eigenvalue weighted by molar-refractivity contribution is 6.16. The van der Waals surface area contributed by atoms with E-state index >= 15 is 0 Å². The average Bonchev–Trinajstić information content (AvgIpc) is 2.78. The van der Waals surface area contributed by atoms with Crippen molar-refractivity contribution in [3.63, 3.8) is 0 Å². The predicted octanol–water partition coefficient (Wildman–Crippen LogP) is 5.41. The Morgan fingerprint density at radius 1 is 0.912 bits per heavy atom. The first-order chi connectivity index (χ1) is 15.9. The fourth-order valence-corrected chi connectivity index (χ4v) is 2.86. The maximum atomic E-state index is 13.4. The third-order valence-electron chi connectivity index (χ3n) is 4.39. The number of halogens is 6. The number of hydrogen-bond acceptors (Lipinski definition) is 6. The lowest BCUT2D eigenvalue weighted by Crippen LogP contribution is -2.17. The maximum Gasteiger partial charge on any atom is 0.417 e. The van der Waals surface area contributed by atoms with Gasteiger partial charge in [0.25, 0.3) is 5.90 Å². The minimum atomic E-state index is -4.98. The minimum Gasteiger partial charge on any atom is -0.503 e. The molecule has 0 aliphatic heterocycles. The Bertz CT molecular complexity index is 1080. The Labute approximate surface area is 190 Å². The van der Waals surface area contributed by atoms with Gasteiger partial charge in [0.2, 0.25) is 0 Å². The van der Waals surface area contributed by atoms with E-state index in [4.69, 9.17) is 19.0 Å². The highest BCUT2D eigenvalue weighted by atomic mass is 19.4. The van der Waals surface area contributed by atoms with Crippen LogP contribution in [0.4, 0.5) is 26.3 Å². The molecule has 184 valence electrons. The van der Waals surface area contributed by atoms with Gasteiger partial charge in [-0.2, -0.15) is 26.3 Å². The first-order valence-electron chi connectivity index (χ1n) is 9.36. The van der Waals surface area contributed by atoms with Gasteiger partial charge in [0.05, 0.1) is 44.3 Å². The quantitative estimate of drug-likeness (QED) is 0.0986. The first kappa shape index (κ1) is 26.6. The van der Waals surface area contributed by atoms with Crippen LogP contribution in [0.1, 0.15) is 27.8 Å². The second-order valence-corrected chi connectivity index (χ2v) is 6.55. The summed E-state index contributed by atoms with van der Waals surface area (Å²) in [4.78, 5) is 17.2. The number of ether oxygens (including phenoxy) is 3. The van der Waals surface area contributed by atoms with Gasteiger partial charge in [0.1, 0.15) is 12.2 Å². The van der Waals surface area contributed by atoms with Crippen LogP contribution in [0.5, 0.6) is 0 Å². The lowest BCUT2D eigenvalue weighted by Gasteiger charge is -2.16. The van der Waals surface area contributed by atoms with Crippen LogP contribution in [0.3, 0.4) is 0 Å². The van der Waals surface area contributed by atoms with Crippen LogP contribution in [0.2, 0.25) is 0 Å². The number of benzene rings is 2. The molecule has 0 aromatic heterocycles. The van der Waals surface area contributed by atoms with Crippen LogP contribution in [0, 0.1) is 0 Å². The van der Waals surface area contributed by atoms with E-state index in [1.165, 1.54) is 19.2 Å². The summed E-state index contributed by atoms with van der Waals surface area (Å²) in [5, 5.41) is 3.48. The number of alkyl halides is 6. The monoisotopic (exact) mass is 491 g/mol. The van der Waals surface area contributed by atoms with Crippen LogP contribution >= 0.6 is 0 Å². The molecule has 0 aliphatic rings. The molecular formula is C22H19F6NO5. The fourth-order valence-electron chi connectivity index (χ4n) is 2.86. The molecule has 0 radical (unpaired) electrons. The van der Waals surface area contributed by atoms with E-state index in [9.17, 15) is 31.1 Å². The number of carbonyl (C=O) groups excluding carboxylic acids is 1. The van der Waals surface area contributed by atoms with E-state index in [-0.39, 0.29) is 18.2 Å². The lowest BCUT2D eigenvalue weighted by molar-refractivity contribution is -0.141. The van der Waals surface area contributed by atoms with E-state index in [1.807, 2.05) is 0 Å². The minimum absolute atomic E-state index is 0.0254. The van der Waals surface area contributed by atoms with Gasteiger partial charge in [-0.3, -0.25) is 0 Å². The van der Waals surface area contributed by atoms with E-state index in [0.717, 1.165) is 20.5 Å². The van der Waals surface area contributed by atoms with E-state index < -0.39 is 40.9 Å².